The first-order chi connectivity index (χ1) is 9.33. The Bertz CT molecular complexity index is 666. The number of aromatic nitrogens is 2. The van der Waals surface area contributed by atoms with Crippen molar-refractivity contribution >= 4 is 32.5 Å². The predicted molar refractivity (Wildman–Crippen MR) is 79.9 cm³/mol. The topological polar surface area (TPSA) is 37.9 Å². The Hall–Kier alpha value is -1.36. The van der Waals surface area contributed by atoms with Crippen LogP contribution in [0.2, 0.25) is 0 Å². The summed E-state index contributed by atoms with van der Waals surface area (Å²) in [4.78, 5) is 12.6. The van der Waals surface area contributed by atoms with E-state index in [2.05, 4.69) is 25.9 Å². The van der Waals surface area contributed by atoms with E-state index in [0.717, 1.165) is 54.4 Å². The highest BCUT2D eigenvalue weighted by molar-refractivity contribution is 9.09. The second-order valence-electron chi connectivity index (χ2n) is 4.77. The fourth-order valence-electron chi connectivity index (χ4n) is 2.67. The van der Waals surface area contributed by atoms with Crippen molar-refractivity contribution in [1.29, 1.82) is 0 Å². The first-order valence-corrected chi connectivity index (χ1v) is 7.80. The Morgan fingerprint density at radius 2 is 2.11 bits per heavy atom. The normalized spacial score (nSPS) is 14.2. The molecule has 0 radical (unpaired) electrons. The van der Waals surface area contributed by atoms with Crippen molar-refractivity contribution in [3.8, 4) is 0 Å². The van der Waals surface area contributed by atoms with Gasteiger partial charge in [0.25, 0.3) is 5.56 Å². The van der Waals surface area contributed by atoms with Crippen LogP contribution in [0.5, 0.6) is 0 Å². The molecule has 2 heterocycles. The molecule has 5 heteroatoms. The van der Waals surface area contributed by atoms with Crippen LogP contribution < -0.4 is 15.6 Å². The SMILES string of the molecule is O=c1c2ccccc2c2[n+](n1CCCBr)CCCN2. The van der Waals surface area contributed by atoms with E-state index in [-0.39, 0.29) is 5.56 Å². The third-order valence-corrected chi connectivity index (χ3v) is 4.10. The summed E-state index contributed by atoms with van der Waals surface area (Å²) >= 11 is 3.44. The lowest BCUT2D eigenvalue weighted by atomic mass is 10.1. The standard InChI is InChI=1S/C14H16BrN3O/c15-7-3-9-18-14(19)12-6-2-1-5-11(12)13-16-8-4-10-17(13)18/h1-2,5-6H,3-4,7-10H2/p+1. The number of hydrogen-bond donors (Lipinski definition) is 1. The molecule has 0 atom stereocenters. The second-order valence-corrected chi connectivity index (χ2v) is 5.56. The average molecular weight is 323 g/mol. The molecule has 0 saturated heterocycles. The third kappa shape index (κ3) is 2.16. The Morgan fingerprint density at radius 3 is 2.89 bits per heavy atom. The molecule has 0 amide bonds. The quantitative estimate of drug-likeness (QED) is 0.692. The Labute approximate surface area is 120 Å². The van der Waals surface area contributed by atoms with E-state index in [4.69, 9.17) is 0 Å². The minimum Gasteiger partial charge on any atom is -0.272 e. The van der Waals surface area contributed by atoms with E-state index in [0.29, 0.717) is 0 Å². The predicted octanol–water partition coefficient (Wildman–Crippen LogP) is 1.89. The van der Waals surface area contributed by atoms with E-state index in [1.54, 1.807) is 0 Å². The minimum atomic E-state index is 0.115. The van der Waals surface area contributed by atoms with Gasteiger partial charge in [0.2, 0.25) is 0 Å². The van der Waals surface area contributed by atoms with Crippen LogP contribution in [0, 0.1) is 0 Å². The molecule has 0 saturated carbocycles. The van der Waals surface area contributed by atoms with Gasteiger partial charge in [-0.05, 0) is 18.6 Å². The number of fused-ring (bicyclic) bond motifs is 3. The molecule has 0 bridgehead atoms. The van der Waals surface area contributed by atoms with E-state index in [9.17, 15) is 4.79 Å². The smallest absolute Gasteiger partial charge is 0.272 e. The lowest BCUT2D eigenvalue weighted by Crippen LogP contribution is -2.56. The van der Waals surface area contributed by atoms with Crippen molar-refractivity contribution < 1.29 is 4.68 Å². The van der Waals surface area contributed by atoms with Crippen LogP contribution in [-0.4, -0.2) is 16.6 Å². The van der Waals surface area contributed by atoms with Crippen molar-refractivity contribution in [2.75, 3.05) is 17.2 Å². The molecule has 0 aliphatic carbocycles. The summed E-state index contributed by atoms with van der Waals surface area (Å²) in [6.45, 7) is 2.63. The fourth-order valence-corrected chi connectivity index (χ4v) is 2.92. The summed E-state index contributed by atoms with van der Waals surface area (Å²) in [5.74, 6) is 1.08. The number of benzene rings is 1. The van der Waals surface area contributed by atoms with Gasteiger partial charge in [-0.15, -0.1) is 0 Å². The van der Waals surface area contributed by atoms with Gasteiger partial charge in [0, 0.05) is 11.8 Å². The van der Waals surface area contributed by atoms with Gasteiger partial charge < -0.3 is 0 Å². The number of halogens is 1. The molecule has 4 nitrogen and oxygen atoms in total. The molecule has 19 heavy (non-hydrogen) atoms. The molecule has 0 fully saturated rings. The van der Waals surface area contributed by atoms with Crippen LogP contribution in [0.1, 0.15) is 12.8 Å². The Balaban J connectivity index is 2.29. The summed E-state index contributed by atoms with van der Waals surface area (Å²) in [7, 11) is 0. The monoisotopic (exact) mass is 322 g/mol. The van der Waals surface area contributed by atoms with Gasteiger partial charge in [0.05, 0.1) is 23.9 Å². The Kier molecular flexibility index (Phi) is 3.55. The van der Waals surface area contributed by atoms with Crippen molar-refractivity contribution in [2.24, 2.45) is 0 Å². The molecule has 3 rings (SSSR count). The zero-order chi connectivity index (χ0) is 13.2. The second kappa shape index (κ2) is 5.33. The average Bonchev–Trinajstić information content (AvgIpc) is 2.47. The zero-order valence-electron chi connectivity index (χ0n) is 10.7. The zero-order valence-corrected chi connectivity index (χ0v) is 12.3. The van der Waals surface area contributed by atoms with Gasteiger partial charge in [0.1, 0.15) is 6.54 Å². The number of rotatable bonds is 3. The number of anilines is 1. The molecule has 1 N–H and O–H groups in total. The van der Waals surface area contributed by atoms with Crippen LogP contribution in [0.4, 0.5) is 5.82 Å². The van der Waals surface area contributed by atoms with E-state index < -0.39 is 0 Å². The maximum atomic E-state index is 12.6. The first kappa shape index (κ1) is 12.7. The molecule has 1 aromatic carbocycles. The third-order valence-electron chi connectivity index (χ3n) is 3.54. The van der Waals surface area contributed by atoms with Gasteiger partial charge in [-0.1, -0.05) is 28.1 Å². The summed E-state index contributed by atoms with van der Waals surface area (Å²) in [5.41, 5.74) is 0.115. The number of nitrogens with zero attached hydrogens (tertiary/aromatic N) is 2. The van der Waals surface area contributed by atoms with Crippen molar-refractivity contribution in [2.45, 2.75) is 25.9 Å². The van der Waals surface area contributed by atoms with Gasteiger partial charge >= 0.3 is 5.82 Å². The van der Waals surface area contributed by atoms with Crippen LogP contribution >= 0.6 is 15.9 Å². The van der Waals surface area contributed by atoms with Crippen molar-refractivity contribution in [3.63, 3.8) is 0 Å². The van der Waals surface area contributed by atoms with Crippen LogP contribution in [0.3, 0.4) is 0 Å². The first-order valence-electron chi connectivity index (χ1n) is 6.68. The summed E-state index contributed by atoms with van der Waals surface area (Å²) in [5, 5.41) is 6.19. The Morgan fingerprint density at radius 1 is 1.32 bits per heavy atom. The fraction of sp³-hybridized carbons (Fsp3) is 0.429. The van der Waals surface area contributed by atoms with Crippen LogP contribution in [-0.2, 0) is 13.1 Å². The number of nitrogens with one attached hydrogen (secondary N) is 1. The van der Waals surface area contributed by atoms with Gasteiger partial charge in [0.15, 0.2) is 0 Å². The largest absolute Gasteiger partial charge is 0.301 e. The van der Waals surface area contributed by atoms with E-state index in [1.807, 2.05) is 28.9 Å². The van der Waals surface area contributed by atoms with Crippen LogP contribution in [0.25, 0.3) is 10.8 Å². The van der Waals surface area contributed by atoms with Gasteiger partial charge in [-0.25, -0.2) is 0 Å². The molecular formula is C14H17BrN3O+. The molecule has 1 aliphatic rings. The number of alkyl halides is 1. The van der Waals surface area contributed by atoms with E-state index >= 15 is 0 Å². The minimum absolute atomic E-state index is 0.115. The highest BCUT2D eigenvalue weighted by Gasteiger charge is 2.24. The maximum absolute atomic E-state index is 12.6. The molecule has 0 spiro atoms. The summed E-state index contributed by atoms with van der Waals surface area (Å²) in [6, 6.07) is 7.86. The summed E-state index contributed by atoms with van der Waals surface area (Å²) < 4.78 is 3.99. The highest BCUT2D eigenvalue weighted by Crippen LogP contribution is 2.18. The molecule has 1 aromatic heterocycles. The molecule has 100 valence electrons. The molecule has 2 aromatic rings. The summed E-state index contributed by atoms with van der Waals surface area (Å²) in [6.07, 6.45) is 2.02. The molecule has 1 aliphatic heterocycles. The lowest BCUT2D eigenvalue weighted by Gasteiger charge is -2.19. The van der Waals surface area contributed by atoms with Crippen molar-refractivity contribution in [1.82, 2.24) is 4.68 Å². The molecule has 0 unspecified atom stereocenters. The maximum Gasteiger partial charge on any atom is 0.301 e. The highest BCUT2D eigenvalue weighted by atomic mass is 79.9. The van der Waals surface area contributed by atoms with Crippen LogP contribution in [0.15, 0.2) is 29.1 Å². The van der Waals surface area contributed by atoms with E-state index in [1.165, 1.54) is 0 Å². The lowest BCUT2D eigenvalue weighted by molar-refractivity contribution is -0.769. The van der Waals surface area contributed by atoms with Gasteiger partial charge in [-0.3, -0.25) is 10.1 Å². The van der Waals surface area contributed by atoms with Crippen molar-refractivity contribution in [3.05, 3.63) is 34.6 Å². The van der Waals surface area contributed by atoms with Gasteiger partial charge in [-0.2, -0.15) is 9.36 Å². The number of hydrogen-bond acceptors (Lipinski definition) is 2. The molecular weight excluding hydrogens is 306 g/mol.